The molecule has 3 rings (SSSR count). The van der Waals surface area contributed by atoms with Gasteiger partial charge in [-0.25, -0.2) is 4.79 Å². The molecule has 0 bridgehead atoms. The number of halogens is 4. The lowest BCUT2D eigenvalue weighted by molar-refractivity contribution is -0.158. The lowest BCUT2D eigenvalue weighted by Crippen LogP contribution is -2.29. The van der Waals surface area contributed by atoms with Crippen molar-refractivity contribution in [2.24, 2.45) is 0 Å². The van der Waals surface area contributed by atoms with Gasteiger partial charge in [0.05, 0.1) is 38.0 Å². The van der Waals surface area contributed by atoms with Crippen molar-refractivity contribution >= 4 is 17.6 Å². The maximum Gasteiger partial charge on any atom is 0.396 e. The summed E-state index contributed by atoms with van der Waals surface area (Å²) < 4.78 is 52.6. The lowest BCUT2D eigenvalue weighted by Gasteiger charge is -2.29. The predicted octanol–water partition coefficient (Wildman–Crippen LogP) is 5.62. The third-order valence-corrected chi connectivity index (χ3v) is 5.61. The number of hydrogen-bond acceptors (Lipinski definition) is 5. The maximum absolute atomic E-state index is 14.3. The molecule has 1 N–H and O–H groups in total. The van der Waals surface area contributed by atoms with Crippen LogP contribution in [-0.4, -0.2) is 43.1 Å². The number of aromatic nitrogens is 1. The summed E-state index contributed by atoms with van der Waals surface area (Å²) in [5.41, 5.74) is 0.983. The Morgan fingerprint density at radius 2 is 1.88 bits per heavy atom. The Kier molecular flexibility index (Phi) is 7.61. The van der Waals surface area contributed by atoms with Crippen LogP contribution in [-0.2, 0) is 4.74 Å². The number of rotatable bonds is 7. The van der Waals surface area contributed by atoms with Crippen molar-refractivity contribution in [1.82, 2.24) is 4.98 Å². The van der Waals surface area contributed by atoms with Gasteiger partial charge in [0.15, 0.2) is 0 Å². The number of methoxy groups -OCH3 is 2. The minimum atomic E-state index is -4.69. The Bertz CT molecular complexity index is 1140. The number of benzene rings is 2. The van der Waals surface area contributed by atoms with Crippen molar-refractivity contribution in [2.45, 2.75) is 18.0 Å². The van der Waals surface area contributed by atoms with Crippen LogP contribution in [0.25, 0.3) is 11.3 Å². The molecule has 0 radical (unpaired) electrons. The molecule has 0 amide bonds. The molecule has 0 aliphatic heterocycles. The van der Waals surface area contributed by atoms with Crippen molar-refractivity contribution in [3.8, 4) is 17.0 Å². The lowest BCUT2D eigenvalue weighted by atomic mass is 9.81. The highest BCUT2D eigenvalue weighted by molar-refractivity contribution is 6.31. The molecule has 2 atom stereocenters. The average molecular weight is 480 g/mol. The first kappa shape index (κ1) is 24.5. The average Bonchev–Trinajstić information content (AvgIpc) is 2.81. The second-order valence-electron chi connectivity index (χ2n) is 7.24. The molecule has 0 aliphatic rings. The van der Waals surface area contributed by atoms with E-state index in [1.165, 1.54) is 62.9 Å². The predicted molar refractivity (Wildman–Crippen MR) is 118 cm³/mol. The number of aliphatic hydroxyl groups is 1. The topological polar surface area (TPSA) is 68.7 Å². The van der Waals surface area contributed by atoms with Crippen LogP contribution in [0.1, 0.15) is 33.3 Å². The fourth-order valence-corrected chi connectivity index (χ4v) is 4.00. The molecule has 0 spiro atoms. The maximum atomic E-state index is 14.3. The minimum absolute atomic E-state index is 0.0581. The zero-order chi connectivity index (χ0) is 24.2. The van der Waals surface area contributed by atoms with E-state index in [1.54, 1.807) is 12.1 Å². The first-order valence-electron chi connectivity index (χ1n) is 9.85. The van der Waals surface area contributed by atoms with Crippen LogP contribution in [0, 0.1) is 0 Å². The number of pyridine rings is 1. The third-order valence-electron chi connectivity index (χ3n) is 5.28. The molecule has 33 heavy (non-hydrogen) atoms. The summed E-state index contributed by atoms with van der Waals surface area (Å²) in [6.45, 7) is -0.786. The normalized spacial score (nSPS) is 13.3. The number of ether oxygens (including phenoxy) is 2. The number of esters is 1. The van der Waals surface area contributed by atoms with Gasteiger partial charge in [-0.2, -0.15) is 13.2 Å². The number of aliphatic hydroxyl groups excluding tert-OH is 1. The number of nitrogens with zero attached hydrogens (tertiary/aromatic N) is 1. The van der Waals surface area contributed by atoms with Gasteiger partial charge in [-0.1, -0.05) is 29.8 Å². The molecule has 0 saturated heterocycles. The molecule has 2 unspecified atom stereocenters. The number of alkyl halides is 3. The standard InChI is InChI=1S/C24H21ClF3NO4/c1-32-17-6-7-18(20(25)12-17)19(13-30)22(24(26,27)28)15-8-9-29-21(11-15)14-4-3-5-16(10-14)23(31)33-2/h3-12,19,22,30H,13H2,1-2H3. The van der Waals surface area contributed by atoms with Crippen molar-refractivity contribution in [3.63, 3.8) is 0 Å². The Balaban J connectivity index is 2.08. The van der Waals surface area contributed by atoms with Crippen LogP contribution in [0.5, 0.6) is 5.75 Å². The largest absolute Gasteiger partial charge is 0.497 e. The van der Waals surface area contributed by atoms with Crippen molar-refractivity contribution in [2.75, 3.05) is 20.8 Å². The first-order chi connectivity index (χ1) is 15.7. The van der Waals surface area contributed by atoms with E-state index in [9.17, 15) is 23.1 Å². The van der Waals surface area contributed by atoms with Crippen molar-refractivity contribution in [1.29, 1.82) is 0 Å². The highest BCUT2D eigenvalue weighted by atomic mass is 35.5. The van der Waals surface area contributed by atoms with E-state index in [0.29, 0.717) is 11.3 Å². The van der Waals surface area contributed by atoms with Gasteiger partial charge < -0.3 is 14.6 Å². The quantitative estimate of drug-likeness (QED) is 0.445. The van der Waals surface area contributed by atoms with Gasteiger partial charge in [-0.3, -0.25) is 4.98 Å². The minimum Gasteiger partial charge on any atom is -0.497 e. The molecule has 174 valence electrons. The van der Waals surface area contributed by atoms with Gasteiger partial charge in [0.1, 0.15) is 5.75 Å². The second kappa shape index (κ2) is 10.2. The molecule has 1 aromatic heterocycles. The number of carbonyl (C=O) groups is 1. The molecular formula is C24H21ClF3NO4. The number of carbonyl (C=O) groups excluding carboxylic acids is 1. The zero-order valence-corrected chi connectivity index (χ0v) is 18.5. The Hall–Kier alpha value is -3.10. The van der Waals surface area contributed by atoms with Crippen LogP contribution in [0.15, 0.2) is 60.8 Å². The van der Waals surface area contributed by atoms with E-state index in [0.717, 1.165) is 0 Å². The summed E-state index contributed by atoms with van der Waals surface area (Å²) >= 11 is 6.24. The monoisotopic (exact) mass is 479 g/mol. The van der Waals surface area contributed by atoms with Crippen LogP contribution in [0.4, 0.5) is 13.2 Å². The van der Waals surface area contributed by atoms with Crippen LogP contribution in [0.2, 0.25) is 5.02 Å². The second-order valence-corrected chi connectivity index (χ2v) is 7.65. The fourth-order valence-electron chi connectivity index (χ4n) is 3.69. The van der Waals surface area contributed by atoms with Gasteiger partial charge in [-0.05, 0) is 47.5 Å². The molecule has 2 aromatic carbocycles. The summed E-state index contributed by atoms with van der Waals surface area (Å²) in [5, 5.41) is 10.0. The fraction of sp³-hybridized carbons (Fsp3) is 0.250. The van der Waals surface area contributed by atoms with Gasteiger partial charge in [-0.15, -0.1) is 0 Å². The molecule has 0 fully saturated rings. The van der Waals surface area contributed by atoms with E-state index < -0.39 is 30.6 Å². The molecule has 5 nitrogen and oxygen atoms in total. The Morgan fingerprint density at radius 1 is 1.12 bits per heavy atom. The molecular weight excluding hydrogens is 459 g/mol. The smallest absolute Gasteiger partial charge is 0.396 e. The molecule has 0 aliphatic carbocycles. The van der Waals surface area contributed by atoms with E-state index >= 15 is 0 Å². The summed E-state index contributed by atoms with van der Waals surface area (Å²) in [6.07, 6.45) is -3.43. The number of hydrogen-bond donors (Lipinski definition) is 1. The van der Waals surface area contributed by atoms with Crippen LogP contribution in [0.3, 0.4) is 0 Å². The molecule has 3 aromatic rings. The van der Waals surface area contributed by atoms with E-state index in [-0.39, 0.29) is 27.4 Å². The summed E-state index contributed by atoms with van der Waals surface area (Å²) in [7, 11) is 2.65. The van der Waals surface area contributed by atoms with Crippen molar-refractivity contribution in [3.05, 3.63) is 82.5 Å². The summed E-state index contributed by atoms with van der Waals surface area (Å²) in [4.78, 5) is 16.0. The highest BCUT2D eigenvalue weighted by Crippen LogP contribution is 2.47. The molecule has 9 heteroatoms. The van der Waals surface area contributed by atoms with Gasteiger partial charge in [0.25, 0.3) is 0 Å². The SMILES string of the molecule is COC(=O)c1cccc(-c2cc(C(C(CO)c3ccc(OC)cc3Cl)C(F)(F)F)ccn2)c1. The van der Waals surface area contributed by atoms with Gasteiger partial charge in [0, 0.05) is 22.7 Å². The van der Waals surface area contributed by atoms with Crippen LogP contribution < -0.4 is 4.74 Å². The zero-order valence-electron chi connectivity index (χ0n) is 17.8. The Morgan fingerprint density at radius 3 is 2.48 bits per heavy atom. The Labute approximate surface area is 193 Å². The van der Waals surface area contributed by atoms with Gasteiger partial charge >= 0.3 is 12.1 Å². The highest BCUT2D eigenvalue weighted by Gasteiger charge is 2.46. The van der Waals surface area contributed by atoms with Crippen molar-refractivity contribution < 1.29 is 32.5 Å². The summed E-state index contributed by atoms with van der Waals surface area (Å²) in [6, 6.07) is 13.1. The van der Waals surface area contributed by atoms with E-state index in [4.69, 9.17) is 21.1 Å². The van der Waals surface area contributed by atoms with E-state index in [1.807, 2.05) is 0 Å². The summed E-state index contributed by atoms with van der Waals surface area (Å²) in [5.74, 6) is -3.60. The third kappa shape index (κ3) is 5.46. The van der Waals surface area contributed by atoms with Crippen LogP contribution >= 0.6 is 11.6 Å². The van der Waals surface area contributed by atoms with E-state index in [2.05, 4.69) is 4.98 Å². The van der Waals surface area contributed by atoms with Gasteiger partial charge in [0.2, 0.25) is 0 Å². The molecule has 1 heterocycles. The molecule has 0 saturated carbocycles. The first-order valence-corrected chi connectivity index (χ1v) is 10.2.